The molecule has 3 nitrogen and oxygen atoms in total. The quantitative estimate of drug-likeness (QED) is 0.808. The first-order chi connectivity index (χ1) is 7.72. The van der Waals surface area contributed by atoms with E-state index < -0.39 is 0 Å². The third-order valence-corrected chi connectivity index (χ3v) is 2.84. The molecule has 2 heterocycles. The smallest absolute Gasteiger partial charge is 0.133 e. The molecule has 0 fully saturated rings. The number of H-pyrrole nitrogens is 1. The van der Waals surface area contributed by atoms with E-state index in [4.69, 9.17) is 12.2 Å². The molecule has 0 radical (unpaired) electrons. The third-order valence-electron chi connectivity index (χ3n) is 2.49. The van der Waals surface area contributed by atoms with Gasteiger partial charge >= 0.3 is 0 Å². The number of nitrogens with one attached hydrogen (secondary N) is 1. The zero-order chi connectivity index (χ0) is 11.5. The number of aryl methyl sites for hydroxylation is 1. The van der Waals surface area contributed by atoms with Crippen LogP contribution in [0, 0.1) is 11.6 Å². The fourth-order valence-electron chi connectivity index (χ4n) is 1.71. The zero-order valence-corrected chi connectivity index (χ0v) is 10.1. The van der Waals surface area contributed by atoms with E-state index in [1.54, 1.807) is 12.5 Å². The van der Waals surface area contributed by atoms with Crippen molar-refractivity contribution in [3.63, 3.8) is 0 Å². The van der Waals surface area contributed by atoms with Crippen LogP contribution < -0.4 is 0 Å². The van der Waals surface area contributed by atoms with E-state index in [2.05, 4.69) is 21.9 Å². The third kappa shape index (κ3) is 2.02. The molecular formula is C12H13N3S. The summed E-state index contributed by atoms with van der Waals surface area (Å²) in [6.07, 6.45) is 4.33. The van der Waals surface area contributed by atoms with E-state index in [-0.39, 0.29) is 0 Å². The highest BCUT2D eigenvalue weighted by Gasteiger charge is 2.06. The Kier molecular flexibility index (Phi) is 3.10. The summed E-state index contributed by atoms with van der Waals surface area (Å²) in [6, 6.07) is 4.02. The molecule has 4 heteroatoms. The molecule has 0 atom stereocenters. The summed E-state index contributed by atoms with van der Waals surface area (Å²) in [5.41, 5.74) is 4.24. The Bertz CT molecular complexity index is 560. The van der Waals surface area contributed by atoms with Crippen LogP contribution in [-0.2, 0) is 6.42 Å². The van der Waals surface area contributed by atoms with Gasteiger partial charge in [-0.15, -0.1) is 0 Å². The minimum absolute atomic E-state index is 0.672. The molecule has 2 rings (SSSR count). The Balaban J connectivity index is 2.64. The lowest BCUT2D eigenvalue weighted by Crippen LogP contribution is -1.95. The highest BCUT2D eigenvalue weighted by atomic mass is 32.1. The predicted octanol–water partition coefficient (Wildman–Crippen LogP) is 3.07. The van der Waals surface area contributed by atoms with Crippen LogP contribution in [0.1, 0.15) is 18.2 Å². The number of rotatable bonds is 2. The normalized spacial score (nSPS) is 10.4. The first-order valence-electron chi connectivity index (χ1n) is 5.22. The summed E-state index contributed by atoms with van der Waals surface area (Å²) < 4.78 is 0.672. The standard InChI is InChI=1S/C12H13N3S/c1-3-10-11(14-7-15-12(10)16)9-4-5-13-8(2)6-9/h4-7H,3H2,1-2H3,(H,14,15,16). The van der Waals surface area contributed by atoms with Crippen molar-refractivity contribution in [2.75, 3.05) is 0 Å². The number of hydrogen-bond donors (Lipinski definition) is 1. The van der Waals surface area contributed by atoms with Crippen LogP contribution in [0.3, 0.4) is 0 Å². The van der Waals surface area contributed by atoms with Crippen LogP contribution in [0.4, 0.5) is 0 Å². The Hall–Kier alpha value is -1.55. The maximum atomic E-state index is 5.22. The second-order valence-electron chi connectivity index (χ2n) is 3.60. The molecule has 0 saturated heterocycles. The average Bonchev–Trinajstić information content (AvgIpc) is 2.28. The molecule has 0 unspecified atom stereocenters. The summed E-state index contributed by atoms with van der Waals surface area (Å²) in [5.74, 6) is 0. The van der Waals surface area contributed by atoms with Crippen molar-refractivity contribution in [2.24, 2.45) is 0 Å². The van der Waals surface area contributed by atoms with Gasteiger partial charge in [-0.2, -0.15) is 0 Å². The van der Waals surface area contributed by atoms with Crippen LogP contribution in [0.2, 0.25) is 0 Å². The van der Waals surface area contributed by atoms with Crippen molar-refractivity contribution in [1.29, 1.82) is 0 Å². The highest BCUT2D eigenvalue weighted by molar-refractivity contribution is 7.71. The van der Waals surface area contributed by atoms with Gasteiger partial charge in [0.1, 0.15) is 4.64 Å². The summed E-state index contributed by atoms with van der Waals surface area (Å²) in [7, 11) is 0. The molecule has 2 aromatic rings. The van der Waals surface area contributed by atoms with Crippen molar-refractivity contribution in [1.82, 2.24) is 15.0 Å². The van der Waals surface area contributed by atoms with Crippen LogP contribution in [-0.4, -0.2) is 15.0 Å². The Labute approximate surface area is 99.6 Å². The largest absolute Gasteiger partial charge is 0.346 e. The number of hydrogen-bond acceptors (Lipinski definition) is 3. The first-order valence-corrected chi connectivity index (χ1v) is 5.62. The van der Waals surface area contributed by atoms with Gasteiger partial charge in [0.2, 0.25) is 0 Å². The summed E-state index contributed by atoms with van der Waals surface area (Å²) in [4.78, 5) is 11.5. The van der Waals surface area contributed by atoms with E-state index in [1.165, 1.54) is 0 Å². The van der Waals surface area contributed by atoms with Crippen LogP contribution in [0.15, 0.2) is 24.7 Å². The van der Waals surface area contributed by atoms with Crippen LogP contribution >= 0.6 is 12.2 Å². The molecular weight excluding hydrogens is 218 g/mol. The van der Waals surface area contributed by atoms with Gasteiger partial charge in [-0.1, -0.05) is 19.1 Å². The molecule has 0 bridgehead atoms. The molecule has 0 amide bonds. The number of nitrogens with zero attached hydrogens (tertiary/aromatic N) is 2. The zero-order valence-electron chi connectivity index (χ0n) is 9.32. The van der Waals surface area contributed by atoms with Gasteiger partial charge in [-0.25, -0.2) is 4.98 Å². The Morgan fingerprint density at radius 2 is 2.19 bits per heavy atom. The van der Waals surface area contributed by atoms with Gasteiger partial charge in [0.05, 0.1) is 12.0 Å². The minimum atomic E-state index is 0.672. The molecule has 16 heavy (non-hydrogen) atoms. The van der Waals surface area contributed by atoms with E-state index in [0.29, 0.717) is 4.64 Å². The fourth-order valence-corrected chi connectivity index (χ4v) is 2.01. The van der Waals surface area contributed by atoms with Crippen molar-refractivity contribution in [2.45, 2.75) is 20.3 Å². The van der Waals surface area contributed by atoms with Crippen LogP contribution in [0.25, 0.3) is 11.3 Å². The lowest BCUT2D eigenvalue weighted by molar-refractivity contribution is 1.03. The van der Waals surface area contributed by atoms with Gasteiger partial charge in [0.25, 0.3) is 0 Å². The fraction of sp³-hybridized carbons (Fsp3) is 0.250. The van der Waals surface area contributed by atoms with Crippen molar-refractivity contribution < 1.29 is 0 Å². The Morgan fingerprint density at radius 3 is 2.88 bits per heavy atom. The molecule has 1 N–H and O–H groups in total. The van der Waals surface area contributed by atoms with Gasteiger partial charge in [0, 0.05) is 23.0 Å². The average molecular weight is 231 g/mol. The molecule has 0 spiro atoms. The molecule has 82 valence electrons. The second kappa shape index (κ2) is 4.53. The van der Waals surface area contributed by atoms with E-state index in [9.17, 15) is 0 Å². The summed E-state index contributed by atoms with van der Waals surface area (Å²) >= 11 is 5.22. The molecule has 0 aliphatic carbocycles. The highest BCUT2D eigenvalue weighted by Crippen LogP contribution is 2.21. The van der Waals surface area contributed by atoms with Crippen molar-refractivity contribution in [3.8, 4) is 11.3 Å². The van der Waals surface area contributed by atoms with Crippen LogP contribution in [0.5, 0.6) is 0 Å². The maximum Gasteiger partial charge on any atom is 0.133 e. The predicted molar refractivity (Wildman–Crippen MR) is 66.8 cm³/mol. The van der Waals surface area contributed by atoms with Gasteiger partial charge in [-0.05, 0) is 25.5 Å². The lowest BCUT2D eigenvalue weighted by Gasteiger charge is -2.07. The maximum absolute atomic E-state index is 5.22. The second-order valence-corrected chi connectivity index (χ2v) is 3.99. The molecule has 0 aliphatic heterocycles. The molecule has 2 aromatic heterocycles. The first kappa shape index (κ1) is 11.0. The molecule has 0 aromatic carbocycles. The van der Waals surface area contributed by atoms with Gasteiger partial charge in [-0.3, -0.25) is 4.98 Å². The van der Waals surface area contributed by atoms with Gasteiger partial charge < -0.3 is 4.98 Å². The monoisotopic (exact) mass is 231 g/mol. The number of aromatic amines is 1. The van der Waals surface area contributed by atoms with Crippen molar-refractivity contribution >= 4 is 12.2 Å². The SMILES string of the molecule is CCc1c(-c2ccnc(C)c2)[nH]cnc1=S. The van der Waals surface area contributed by atoms with E-state index in [1.807, 2.05) is 19.1 Å². The minimum Gasteiger partial charge on any atom is -0.346 e. The number of pyridine rings is 1. The van der Waals surface area contributed by atoms with E-state index >= 15 is 0 Å². The topological polar surface area (TPSA) is 41.6 Å². The summed E-state index contributed by atoms with van der Waals surface area (Å²) in [6.45, 7) is 4.06. The van der Waals surface area contributed by atoms with E-state index in [0.717, 1.165) is 28.9 Å². The lowest BCUT2D eigenvalue weighted by atomic mass is 10.1. The Morgan fingerprint density at radius 1 is 1.38 bits per heavy atom. The molecule has 0 saturated carbocycles. The van der Waals surface area contributed by atoms with Gasteiger partial charge in [0.15, 0.2) is 0 Å². The molecule has 0 aliphatic rings. The van der Waals surface area contributed by atoms with Crippen molar-refractivity contribution in [3.05, 3.63) is 40.6 Å². The number of aromatic nitrogens is 3. The summed E-state index contributed by atoms with van der Waals surface area (Å²) in [5, 5.41) is 0.